The number of hydrogen-bond acceptors (Lipinski definition) is 4. The molecule has 0 unspecified atom stereocenters. The third-order valence-corrected chi connectivity index (χ3v) is 9.14. The maximum Gasteiger partial charge on any atom is 0.408 e. The lowest BCUT2D eigenvalue weighted by atomic mass is 9.78. The van der Waals surface area contributed by atoms with Crippen LogP contribution in [0.5, 0.6) is 0 Å². The molecule has 4 amide bonds. The number of H-pyrrole nitrogens is 1. The van der Waals surface area contributed by atoms with E-state index < -0.39 is 41.4 Å². The summed E-state index contributed by atoms with van der Waals surface area (Å²) in [6.45, 7) is 3.74. The van der Waals surface area contributed by atoms with Crippen LogP contribution in [-0.2, 0) is 40.2 Å². The van der Waals surface area contributed by atoms with Crippen molar-refractivity contribution < 1.29 is 24.3 Å². The zero-order valence-electron chi connectivity index (χ0n) is 26.2. The lowest BCUT2D eigenvalue weighted by molar-refractivity contribution is -0.138. The minimum atomic E-state index is -1.47. The van der Waals surface area contributed by atoms with Crippen LogP contribution in [0.25, 0.3) is 10.9 Å². The van der Waals surface area contributed by atoms with Gasteiger partial charge in [-0.3, -0.25) is 19.3 Å². The third kappa shape index (κ3) is 6.91. The van der Waals surface area contributed by atoms with Gasteiger partial charge in [-0.15, -0.1) is 0 Å². The van der Waals surface area contributed by atoms with Gasteiger partial charge < -0.3 is 26.5 Å². The van der Waals surface area contributed by atoms with E-state index in [1.807, 2.05) is 98.8 Å². The lowest BCUT2D eigenvalue weighted by Gasteiger charge is -2.40. The number of para-hydroxylation sites is 1. The minimum Gasteiger partial charge on any atom is -0.465 e. The quantitative estimate of drug-likeness (QED) is 0.159. The summed E-state index contributed by atoms with van der Waals surface area (Å²) in [5, 5.41) is 17.2. The molecule has 6 N–H and O–H groups in total. The Hall–Kier alpha value is -5.12. The molecule has 240 valence electrons. The van der Waals surface area contributed by atoms with E-state index in [0.717, 1.165) is 38.2 Å². The molecular formula is C36H41N5O5. The Morgan fingerprint density at radius 1 is 0.957 bits per heavy atom. The largest absolute Gasteiger partial charge is 0.465 e. The van der Waals surface area contributed by atoms with E-state index in [0.29, 0.717) is 12.8 Å². The van der Waals surface area contributed by atoms with Crippen LogP contribution in [-0.4, -0.2) is 56.4 Å². The molecule has 0 radical (unpaired) electrons. The first-order valence-electron chi connectivity index (χ1n) is 15.7. The number of primary amides is 1. The average Bonchev–Trinajstić information content (AvgIpc) is 3.42. The number of hydrogen-bond donors (Lipinski definition) is 5. The molecular weight excluding hydrogens is 582 g/mol. The first-order chi connectivity index (χ1) is 22.1. The fourth-order valence-electron chi connectivity index (χ4n) is 6.43. The van der Waals surface area contributed by atoms with Crippen LogP contribution >= 0.6 is 0 Å². The maximum absolute atomic E-state index is 14.4. The van der Waals surface area contributed by atoms with Crippen molar-refractivity contribution in [1.29, 1.82) is 0 Å². The molecule has 0 bridgehead atoms. The van der Waals surface area contributed by atoms with Crippen molar-refractivity contribution in [3.05, 3.63) is 107 Å². The molecule has 4 aromatic rings. The molecule has 1 aliphatic carbocycles. The Kier molecular flexibility index (Phi) is 9.75. The van der Waals surface area contributed by atoms with Crippen LogP contribution in [0.1, 0.15) is 49.1 Å². The van der Waals surface area contributed by atoms with Gasteiger partial charge in [0.2, 0.25) is 17.7 Å². The Balaban J connectivity index is 1.51. The number of aromatic amines is 1. The fourth-order valence-corrected chi connectivity index (χ4v) is 6.43. The number of carbonyl (C=O) groups excluding carboxylic acids is 3. The highest BCUT2D eigenvalue weighted by atomic mass is 16.4. The number of nitrogens with zero attached hydrogens (tertiary/aromatic N) is 1. The second-order valence-corrected chi connectivity index (χ2v) is 12.2. The van der Waals surface area contributed by atoms with Crippen LogP contribution in [0.15, 0.2) is 84.9 Å². The highest BCUT2D eigenvalue weighted by Crippen LogP contribution is 2.35. The number of benzene rings is 3. The predicted molar refractivity (Wildman–Crippen MR) is 176 cm³/mol. The summed E-state index contributed by atoms with van der Waals surface area (Å²) in [7, 11) is 0. The topological polar surface area (TPSA) is 158 Å². The van der Waals surface area contributed by atoms with E-state index in [1.165, 1.54) is 0 Å². The van der Waals surface area contributed by atoms with Crippen molar-refractivity contribution in [2.45, 2.75) is 70.1 Å². The molecule has 5 rings (SSSR count). The number of carbonyl (C=O) groups is 4. The molecule has 0 aliphatic heterocycles. The van der Waals surface area contributed by atoms with Crippen LogP contribution < -0.4 is 16.4 Å². The van der Waals surface area contributed by atoms with Crippen molar-refractivity contribution in [2.75, 3.05) is 0 Å². The highest BCUT2D eigenvalue weighted by Gasteiger charge is 2.47. The van der Waals surface area contributed by atoms with Gasteiger partial charge in [-0.25, -0.2) is 4.79 Å². The number of nitrogens with two attached hydrogens (primary N) is 1. The summed E-state index contributed by atoms with van der Waals surface area (Å²) < 4.78 is 0. The number of nitrogens with one attached hydrogen (secondary N) is 3. The van der Waals surface area contributed by atoms with Gasteiger partial charge in [-0.05, 0) is 41.5 Å². The van der Waals surface area contributed by atoms with Crippen molar-refractivity contribution >= 4 is 34.7 Å². The highest BCUT2D eigenvalue weighted by molar-refractivity contribution is 5.98. The number of aromatic nitrogens is 1. The van der Waals surface area contributed by atoms with Crippen molar-refractivity contribution in [3.8, 4) is 0 Å². The third-order valence-electron chi connectivity index (χ3n) is 9.14. The molecule has 1 heterocycles. The van der Waals surface area contributed by atoms with Crippen LogP contribution in [0.3, 0.4) is 0 Å². The molecule has 0 saturated carbocycles. The molecule has 3 aromatic carbocycles. The summed E-state index contributed by atoms with van der Waals surface area (Å²) >= 11 is 0. The van der Waals surface area contributed by atoms with Gasteiger partial charge in [0.05, 0.1) is 0 Å². The molecule has 1 aliphatic rings. The van der Waals surface area contributed by atoms with Crippen LogP contribution in [0.2, 0.25) is 0 Å². The number of carboxylic acid groups (broad SMARTS) is 1. The second kappa shape index (κ2) is 13.9. The molecule has 0 saturated heterocycles. The summed E-state index contributed by atoms with van der Waals surface area (Å²) in [6, 6.07) is 24.0. The summed E-state index contributed by atoms with van der Waals surface area (Å²) in [4.78, 5) is 58.6. The molecule has 0 spiro atoms. The smallest absolute Gasteiger partial charge is 0.408 e. The van der Waals surface area contributed by atoms with E-state index in [9.17, 15) is 24.3 Å². The van der Waals surface area contributed by atoms with Gasteiger partial charge >= 0.3 is 6.09 Å². The van der Waals surface area contributed by atoms with E-state index in [2.05, 4.69) is 15.6 Å². The number of amides is 4. The van der Waals surface area contributed by atoms with Gasteiger partial charge in [0, 0.05) is 36.0 Å². The fraction of sp³-hybridized carbons (Fsp3) is 0.333. The monoisotopic (exact) mass is 623 g/mol. The van der Waals surface area contributed by atoms with Gasteiger partial charge in [0.1, 0.15) is 17.6 Å². The molecule has 4 atom stereocenters. The Morgan fingerprint density at radius 3 is 2.22 bits per heavy atom. The predicted octanol–water partition coefficient (Wildman–Crippen LogP) is 4.32. The van der Waals surface area contributed by atoms with Gasteiger partial charge in [-0.2, -0.15) is 0 Å². The zero-order valence-corrected chi connectivity index (χ0v) is 26.2. The Bertz CT molecular complexity index is 1710. The normalized spacial score (nSPS) is 17.7. The first kappa shape index (κ1) is 32.3. The Morgan fingerprint density at radius 2 is 1.59 bits per heavy atom. The SMILES string of the molecule is CC[C@H](C)[C@@H](C(=O)N[C@]1(C(=O)N[C@@H](Cc2ccccc2)C(N)=O)CCc2[nH]c3ccccc3c2C1)N(Cc1ccccc1)C(=O)O. The Labute approximate surface area is 268 Å². The number of fused-ring (bicyclic) bond motifs is 3. The number of rotatable bonds is 12. The molecule has 10 nitrogen and oxygen atoms in total. The van der Waals surface area contributed by atoms with Gasteiger partial charge in [0.15, 0.2) is 0 Å². The van der Waals surface area contributed by atoms with E-state index in [4.69, 9.17) is 5.73 Å². The van der Waals surface area contributed by atoms with Gasteiger partial charge in [0.25, 0.3) is 0 Å². The molecule has 0 fully saturated rings. The number of aryl methyl sites for hydroxylation is 1. The molecule has 10 heteroatoms. The maximum atomic E-state index is 14.4. The average molecular weight is 624 g/mol. The first-order valence-corrected chi connectivity index (χ1v) is 15.7. The molecule has 1 aromatic heterocycles. The van der Waals surface area contributed by atoms with Crippen LogP contribution in [0.4, 0.5) is 4.79 Å². The van der Waals surface area contributed by atoms with E-state index in [-0.39, 0.29) is 31.7 Å². The minimum absolute atomic E-state index is 0.00518. The van der Waals surface area contributed by atoms with Crippen molar-refractivity contribution in [1.82, 2.24) is 20.5 Å². The van der Waals surface area contributed by atoms with Crippen molar-refractivity contribution in [3.63, 3.8) is 0 Å². The summed E-state index contributed by atoms with van der Waals surface area (Å²) in [5.74, 6) is -2.16. The lowest BCUT2D eigenvalue weighted by Crippen LogP contribution is -2.67. The van der Waals surface area contributed by atoms with Crippen molar-refractivity contribution in [2.24, 2.45) is 11.7 Å². The zero-order chi connectivity index (χ0) is 32.8. The van der Waals surface area contributed by atoms with E-state index in [1.54, 1.807) is 0 Å². The molecule has 46 heavy (non-hydrogen) atoms. The summed E-state index contributed by atoms with van der Waals surface area (Å²) in [5.41, 5.74) is 8.66. The summed E-state index contributed by atoms with van der Waals surface area (Å²) in [6.07, 6.45) is 0.326. The van der Waals surface area contributed by atoms with E-state index >= 15 is 0 Å². The van der Waals surface area contributed by atoms with Crippen LogP contribution in [0, 0.1) is 5.92 Å². The van der Waals surface area contributed by atoms with Gasteiger partial charge in [-0.1, -0.05) is 99.1 Å². The standard InChI is InChI=1S/C36H41N5O5/c1-3-23(2)31(41(35(45)46)22-25-14-8-5-9-15-25)33(43)40-36(19-18-29-27(21-36)26-16-10-11-17-28(26)38-29)34(44)39-30(32(37)42)20-24-12-6-4-7-13-24/h4-17,23,30-31,38H,3,18-22H2,1-2H3,(H2,37,42)(H,39,44)(H,40,43)(H,45,46)/t23-,30-,31-,36+/m0/s1. The second-order valence-electron chi connectivity index (χ2n) is 12.2.